The van der Waals surface area contributed by atoms with Gasteiger partial charge in [-0.1, -0.05) is 23.7 Å². The van der Waals surface area contributed by atoms with Crippen molar-refractivity contribution in [1.82, 2.24) is 0 Å². The van der Waals surface area contributed by atoms with Gasteiger partial charge in [-0.05, 0) is 35.9 Å². The smallest absolute Gasteiger partial charge is 0.261 e. The Bertz CT molecular complexity index is 750. The molecule has 7 heteroatoms. The number of halogens is 2. The van der Waals surface area contributed by atoms with E-state index in [1.165, 1.54) is 31.4 Å². The minimum absolute atomic E-state index is 0.0949. The number of sulfonamides is 1. The van der Waals surface area contributed by atoms with E-state index in [0.29, 0.717) is 6.61 Å². The minimum Gasteiger partial charge on any atom is -0.380 e. The van der Waals surface area contributed by atoms with Crippen LogP contribution in [-0.2, 0) is 21.4 Å². The molecule has 2 aromatic carbocycles. The topological polar surface area (TPSA) is 55.4 Å². The standard InChI is InChI=1S/C14H13ClFNO3S/c1-20-9-10-3-2-4-12(7-10)21(18,19)17-11-5-6-14(16)13(15)8-11/h2-8,17H,9H2,1H3. The van der Waals surface area contributed by atoms with Crippen molar-refractivity contribution in [3.63, 3.8) is 0 Å². The van der Waals surface area contributed by atoms with Crippen molar-refractivity contribution in [3.05, 3.63) is 58.9 Å². The van der Waals surface area contributed by atoms with E-state index in [0.717, 1.165) is 11.6 Å². The highest BCUT2D eigenvalue weighted by molar-refractivity contribution is 7.92. The zero-order valence-corrected chi connectivity index (χ0v) is 12.7. The Hall–Kier alpha value is -1.63. The van der Waals surface area contributed by atoms with Crippen molar-refractivity contribution in [2.75, 3.05) is 11.8 Å². The molecule has 0 aromatic heterocycles. The van der Waals surface area contributed by atoms with E-state index in [1.54, 1.807) is 12.1 Å². The van der Waals surface area contributed by atoms with Gasteiger partial charge in [0.15, 0.2) is 0 Å². The summed E-state index contributed by atoms with van der Waals surface area (Å²) < 4.78 is 44.9. The van der Waals surface area contributed by atoms with Gasteiger partial charge >= 0.3 is 0 Å². The molecule has 112 valence electrons. The molecule has 1 N–H and O–H groups in total. The summed E-state index contributed by atoms with van der Waals surface area (Å²) in [5, 5.41) is -0.150. The Kier molecular flexibility index (Phi) is 4.82. The quantitative estimate of drug-likeness (QED) is 0.914. The van der Waals surface area contributed by atoms with Crippen LogP contribution in [-0.4, -0.2) is 15.5 Å². The summed E-state index contributed by atoms with van der Waals surface area (Å²) in [7, 11) is -2.24. The highest BCUT2D eigenvalue weighted by atomic mass is 35.5. The molecule has 0 aliphatic rings. The van der Waals surface area contributed by atoms with Crippen LogP contribution in [0.25, 0.3) is 0 Å². The molecule has 0 fully saturated rings. The first kappa shape index (κ1) is 15.8. The molecular weight excluding hydrogens is 317 g/mol. The third-order valence-electron chi connectivity index (χ3n) is 2.69. The van der Waals surface area contributed by atoms with Gasteiger partial charge in [-0.15, -0.1) is 0 Å². The molecule has 0 spiro atoms. The van der Waals surface area contributed by atoms with Gasteiger partial charge in [0.2, 0.25) is 0 Å². The SMILES string of the molecule is COCc1cccc(S(=O)(=O)Nc2ccc(F)c(Cl)c2)c1. The predicted octanol–water partition coefficient (Wildman–Crippen LogP) is 3.43. The van der Waals surface area contributed by atoms with E-state index in [1.807, 2.05) is 0 Å². The Balaban J connectivity index is 2.29. The van der Waals surface area contributed by atoms with E-state index in [2.05, 4.69) is 4.72 Å². The van der Waals surface area contributed by atoms with Gasteiger partial charge in [0.1, 0.15) is 5.82 Å². The predicted molar refractivity (Wildman–Crippen MR) is 79.4 cm³/mol. The molecule has 0 radical (unpaired) electrons. The molecule has 4 nitrogen and oxygen atoms in total. The summed E-state index contributed by atoms with van der Waals surface area (Å²) in [6.45, 7) is 0.311. The fraction of sp³-hybridized carbons (Fsp3) is 0.143. The highest BCUT2D eigenvalue weighted by Gasteiger charge is 2.15. The molecule has 2 rings (SSSR count). The van der Waals surface area contributed by atoms with Crippen molar-refractivity contribution in [3.8, 4) is 0 Å². The van der Waals surface area contributed by atoms with Crippen LogP contribution >= 0.6 is 11.6 Å². The van der Waals surface area contributed by atoms with Gasteiger partial charge in [-0.25, -0.2) is 12.8 Å². The van der Waals surface area contributed by atoms with Crippen LogP contribution in [0.15, 0.2) is 47.4 Å². The lowest BCUT2D eigenvalue weighted by atomic mass is 10.2. The molecule has 2 aromatic rings. The molecule has 0 atom stereocenters. The second-order valence-corrected chi connectivity index (χ2v) is 6.40. The summed E-state index contributed by atoms with van der Waals surface area (Å²) in [6, 6.07) is 9.98. The summed E-state index contributed by atoms with van der Waals surface area (Å²) in [5.74, 6) is -0.610. The third-order valence-corrected chi connectivity index (χ3v) is 4.36. The average molecular weight is 330 g/mol. The largest absolute Gasteiger partial charge is 0.380 e. The van der Waals surface area contributed by atoms with Gasteiger partial charge in [0.05, 0.1) is 22.2 Å². The van der Waals surface area contributed by atoms with Gasteiger partial charge in [0.25, 0.3) is 10.0 Å². The van der Waals surface area contributed by atoms with E-state index in [-0.39, 0.29) is 15.6 Å². The normalized spacial score (nSPS) is 11.4. The van der Waals surface area contributed by atoms with Crippen LogP contribution in [0.5, 0.6) is 0 Å². The molecule has 0 amide bonds. The van der Waals surface area contributed by atoms with Crippen LogP contribution in [0.4, 0.5) is 10.1 Å². The van der Waals surface area contributed by atoms with E-state index in [9.17, 15) is 12.8 Å². The first-order chi connectivity index (χ1) is 9.92. The maximum Gasteiger partial charge on any atom is 0.261 e. The third kappa shape index (κ3) is 3.93. The van der Waals surface area contributed by atoms with E-state index >= 15 is 0 Å². The average Bonchev–Trinajstić information content (AvgIpc) is 2.43. The monoisotopic (exact) mass is 329 g/mol. The van der Waals surface area contributed by atoms with Gasteiger partial charge in [-0.2, -0.15) is 0 Å². The lowest BCUT2D eigenvalue weighted by molar-refractivity contribution is 0.184. The molecule has 0 aliphatic heterocycles. The van der Waals surface area contributed by atoms with Crippen LogP contribution in [0.2, 0.25) is 5.02 Å². The van der Waals surface area contributed by atoms with E-state index in [4.69, 9.17) is 16.3 Å². The fourth-order valence-corrected chi connectivity index (χ4v) is 3.04. The molecule has 0 heterocycles. The van der Waals surface area contributed by atoms with Crippen molar-refractivity contribution in [2.24, 2.45) is 0 Å². The van der Waals surface area contributed by atoms with Crippen molar-refractivity contribution in [1.29, 1.82) is 0 Å². The van der Waals surface area contributed by atoms with Crippen molar-refractivity contribution < 1.29 is 17.5 Å². The minimum atomic E-state index is -3.77. The first-order valence-corrected chi connectivity index (χ1v) is 7.84. The Labute approximate surface area is 127 Å². The number of nitrogens with one attached hydrogen (secondary N) is 1. The first-order valence-electron chi connectivity index (χ1n) is 5.98. The zero-order valence-electron chi connectivity index (χ0n) is 11.1. The molecule has 0 saturated carbocycles. The van der Waals surface area contributed by atoms with Crippen molar-refractivity contribution in [2.45, 2.75) is 11.5 Å². The summed E-state index contributed by atoms with van der Waals surface area (Å²) >= 11 is 5.63. The number of hydrogen-bond acceptors (Lipinski definition) is 3. The molecular formula is C14H13ClFNO3S. The molecule has 0 saturated heterocycles. The van der Waals surface area contributed by atoms with Gasteiger partial charge < -0.3 is 4.74 Å². The number of anilines is 1. The summed E-state index contributed by atoms with van der Waals surface area (Å²) in [5.41, 5.74) is 0.927. The molecule has 0 aliphatic carbocycles. The van der Waals surface area contributed by atoms with E-state index < -0.39 is 15.8 Å². The Morgan fingerprint density at radius 1 is 1.24 bits per heavy atom. The lowest BCUT2D eigenvalue weighted by Gasteiger charge is -2.10. The maximum atomic E-state index is 13.1. The number of ether oxygens (including phenoxy) is 1. The van der Waals surface area contributed by atoms with Crippen LogP contribution < -0.4 is 4.72 Å². The highest BCUT2D eigenvalue weighted by Crippen LogP contribution is 2.22. The molecule has 21 heavy (non-hydrogen) atoms. The Morgan fingerprint density at radius 2 is 2.00 bits per heavy atom. The van der Waals surface area contributed by atoms with Gasteiger partial charge in [-0.3, -0.25) is 4.72 Å². The van der Waals surface area contributed by atoms with Crippen LogP contribution in [0.3, 0.4) is 0 Å². The van der Waals surface area contributed by atoms with Gasteiger partial charge in [0, 0.05) is 7.11 Å². The maximum absolute atomic E-state index is 13.1. The van der Waals surface area contributed by atoms with Crippen molar-refractivity contribution >= 4 is 27.3 Å². The zero-order chi connectivity index (χ0) is 15.5. The number of methoxy groups -OCH3 is 1. The Morgan fingerprint density at radius 3 is 2.67 bits per heavy atom. The van der Waals surface area contributed by atoms with Crippen LogP contribution in [0, 0.1) is 5.82 Å². The number of hydrogen-bond donors (Lipinski definition) is 1. The van der Waals surface area contributed by atoms with Crippen LogP contribution in [0.1, 0.15) is 5.56 Å². The second kappa shape index (κ2) is 6.43. The molecule has 0 bridgehead atoms. The summed E-state index contributed by atoms with van der Waals surface area (Å²) in [6.07, 6.45) is 0. The number of rotatable bonds is 5. The summed E-state index contributed by atoms with van der Waals surface area (Å²) in [4.78, 5) is 0.0949. The lowest BCUT2D eigenvalue weighted by Crippen LogP contribution is -2.13. The molecule has 0 unspecified atom stereocenters. The fourth-order valence-electron chi connectivity index (χ4n) is 1.74. The second-order valence-electron chi connectivity index (χ2n) is 4.31. The number of benzene rings is 2.